The van der Waals surface area contributed by atoms with E-state index >= 15 is 0 Å². The SMILES string of the molecule is COc1ccc2c(c1)N(C#N)NN2C. The van der Waals surface area contributed by atoms with Gasteiger partial charge in [0.1, 0.15) is 5.75 Å². The van der Waals surface area contributed by atoms with E-state index in [4.69, 9.17) is 10.00 Å². The Morgan fingerprint density at radius 1 is 1.43 bits per heavy atom. The van der Waals surface area contributed by atoms with Crippen LogP contribution in [0.5, 0.6) is 5.75 Å². The van der Waals surface area contributed by atoms with Crippen molar-refractivity contribution in [3.05, 3.63) is 18.2 Å². The molecule has 0 saturated heterocycles. The number of anilines is 2. The van der Waals surface area contributed by atoms with Gasteiger partial charge in [-0.1, -0.05) is 0 Å². The van der Waals surface area contributed by atoms with Crippen molar-refractivity contribution in [2.45, 2.75) is 0 Å². The monoisotopic (exact) mass is 190 g/mol. The second kappa shape index (κ2) is 3.09. The van der Waals surface area contributed by atoms with Crippen LogP contribution in [0, 0.1) is 11.5 Å². The van der Waals surface area contributed by atoms with Crippen molar-refractivity contribution in [2.75, 3.05) is 24.2 Å². The zero-order valence-electron chi connectivity index (χ0n) is 7.98. The number of nitrogens with one attached hydrogen (secondary N) is 1. The third-order valence-electron chi connectivity index (χ3n) is 2.13. The summed E-state index contributed by atoms with van der Waals surface area (Å²) in [6.07, 6.45) is 2.03. The first-order valence-corrected chi connectivity index (χ1v) is 4.14. The molecule has 14 heavy (non-hydrogen) atoms. The van der Waals surface area contributed by atoms with Crippen molar-refractivity contribution in [3.8, 4) is 11.9 Å². The third-order valence-corrected chi connectivity index (χ3v) is 2.13. The average Bonchev–Trinajstić information content (AvgIpc) is 2.55. The van der Waals surface area contributed by atoms with E-state index in [2.05, 4.69) is 5.53 Å². The number of nitriles is 1. The van der Waals surface area contributed by atoms with Gasteiger partial charge in [0.25, 0.3) is 0 Å². The molecule has 0 atom stereocenters. The maximum absolute atomic E-state index is 8.84. The Balaban J connectivity index is 2.48. The fraction of sp³-hybridized carbons (Fsp3) is 0.222. The number of methoxy groups -OCH3 is 1. The molecule has 0 fully saturated rings. The highest BCUT2D eigenvalue weighted by atomic mass is 16.5. The van der Waals surface area contributed by atoms with E-state index < -0.39 is 0 Å². The molecule has 0 unspecified atom stereocenters. The third kappa shape index (κ3) is 1.13. The maximum Gasteiger partial charge on any atom is 0.201 e. The van der Waals surface area contributed by atoms with Gasteiger partial charge < -0.3 is 4.74 Å². The summed E-state index contributed by atoms with van der Waals surface area (Å²) >= 11 is 0. The van der Waals surface area contributed by atoms with E-state index in [0.29, 0.717) is 0 Å². The van der Waals surface area contributed by atoms with Gasteiger partial charge in [-0.05, 0) is 12.1 Å². The number of hydrazine groups is 2. The number of fused-ring (bicyclic) bond motifs is 1. The van der Waals surface area contributed by atoms with E-state index in [9.17, 15) is 0 Å². The van der Waals surface area contributed by atoms with Gasteiger partial charge in [0.2, 0.25) is 6.19 Å². The Bertz CT molecular complexity index is 398. The standard InChI is InChI=1S/C9H10N4O/c1-12-8-4-3-7(14-2)5-9(8)13(6-10)11-12/h3-5,11H,1-2H3. The largest absolute Gasteiger partial charge is 0.497 e. The summed E-state index contributed by atoms with van der Waals surface area (Å²) in [5, 5.41) is 12.0. The summed E-state index contributed by atoms with van der Waals surface area (Å²) < 4.78 is 5.09. The minimum Gasteiger partial charge on any atom is -0.497 e. The summed E-state index contributed by atoms with van der Waals surface area (Å²) in [7, 11) is 3.45. The van der Waals surface area contributed by atoms with Crippen LogP contribution in [0.15, 0.2) is 18.2 Å². The predicted octanol–water partition coefficient (Wildman–Crippen LogP) is 0.852. The van der Waals surface area contributed by atoms with Crippen LogP contribution in [0.1, 0.15) is 0 Å². The molecule has 1 aliphatic rings. The van der Waals surface area contributed by atoms with Crippen LogP contribution in [-0.4, -0.2) is 14.2 Å². The van der Waals surface area contributed by atoms with Gasteiger partial charge in [-0.2, -0.15) is 10.3 Å². The minimum atomic E-state index is 0.737. The summed E-state index contributed by atoms with van der Waals surface area (Å²) in [5.41, 5.74) is 4.62. The number of ether oxygens (including phenoxy) is 1. The predicted molar refractivity (Wildman–Crippen MR) is 52.6 cm³/mol. The molecule has 1 N–H and O–H groups in total. The van der Waals surface area contributed by atoms with Gasteiger partial charge in [-0.15, -0.1) is 5.53 Å². The van der Waals surface area contributed by atoms with Crippen LogP contribution in [0.3, 0.4) is 0 Å². The first-order chi connectivity index (χ1) is 6.76. The molecule has 0 saturated carbocycles. The molecular weight excluding hydrogens is 180 g/mol. The van der Waals surface area contributed by atoms with Crippen LogP contribution < -0.4 is 20.3 Å². The lowest BCUT2D eigenvalue weighted by Gasteiger charge is -2.11. The van der Waals surface area contributed by atoms with Gasteiger partial charge in [0.05, 0.1) is 18.5 Å². The van der Waals surface area contributed by atoms with Crippen LogP contribution in [0.2, 0.25) is 0 Å². The molecule has 5 nitrogen and oxygen atoms in total. The number of hydrogen-bond acceptors (Lipinski definition) is 5. The molecule has 1 aromatic rings. The Hall–Kier alpha value is -1.93. The number of nitrogens with zero attached hydrogens (tertiary/aromatic N) is 3. The molecule has 1 aromatic carbocycles. The number of hydrogen-bond donors (Lipinski definition) is 1. The lowest BCUT2D eigenvalue weighted by atomic mass is 10.2. The molecule has 0 amide bonds. The van der Waals surface area contributed by atoms with E-state index in [-0.39, 0.29) is 0 Å². The van der Waals surface area contributed by atoms with E-state index in [1.165, 1.54) is 5.01 Å². The molecule has 2 rings (SSSR count). The van der Waals surface area contributed by atoms with Gasteiger partial charge in [-0.3, -0.25) is 5.01 Å². The second-order valence-electron chi connectivity index (χ2n) is 2.95. The van der Waals surface area contributed by atoms with Crippen LogP contribution in [0.4, 0.5) is 11.4 Å². The van der Waals surface area contributed by atoms with Crippen LogP contribution >= 0.6 is 0 Å². The molecule has 0 bridgehead atoms. The summed E-state index contributed by atoms with van der Waals surface area (Å²) in [5.74, 6) is 0.737. The van der Waals surface area contributed by atoms with Gasteiger partial charge >= 0.3 is 0 Å². The zero-order chi connectivity index (χ0) is 10.1. The van der Waals surface area contributed by atoms with Crippen molar-refractivity contribution in [1.29, 1.82) is 5.26 Å². The minimum absolute atomic E-state index is 0.737. The van der Waals surface area contributed by atoms with E-state index in [0.717, 1.165) is 17.1 Å². The van der Waals surface area contributed by atoms with Crippen molar-refractivity contribution >= 4 is 11.4 Å². The molecule has 1 heterocycles. The summed E-state index contributed by atoms with van der Waals surface area (Å²) in [6, 6.07) is 5.57. The highest BCUT2D eigenvalue weighted by Crippen LogP contribution is 2.34. The Morgan fingerprint density at radius 2 is 2.21 bits per heavy atom. The molecule has 1 aliphatic heterocycles. The van der Waals surface area contributed by atoms with Gasteiger partial charge in [0, 0.05) is 13.1 Å². The van der Waals surface area contributed by atoms with Gasteiger partial charge in [0.15, 0.2) is 0 Å². The van der Waals surface area contributed by atoms with Crippen molar-refractivity contribution in [2.24, 2.45) is 0 Å². The number of rotatable bonds is 1. The topological polar surface area (TPSA) is 51.5 Å². The molecular formula is C9H10N4O. The lowest BCUT2D eigenvalue weighted by molar-refractivity contribution is 0.415. The summed E-state index contributed by atoms with van der Waals surface area (Å²) in [6.45, 7) is 0. The first kappa shape index (κ1) is 8.66. The van der Waals surface area contributed by atoms with Gasteiger partial charge in [-0.25, -0.2) is 0 Å². The summed E-state index contributed by atoms with van der Waals surface area (Å²) in [4.78, 5) is 0. The molecule has 0 aliphatic carbocycles. The Labute approximate surface area is 82.0 Å². The quantitative estimate of drug-likeness (QED) is 0.665. The first-order valence-electron chi connectivity index (χ1n) is 4.14. The maximum atomic E-state index is 8.84. The smallest absolute Gasteiger partial charge is 0.201 e. The molecule has 0 spiro atoms. The number of benzene rings is 1. The lowest BCUT2D eigenvalue weighted by Crippen LogP contribution is -2.39. The normalized spacial score (nSPS) is 13.8. The fourth-order valence-corrected chi connectivity index (χ4v) is 1.43. The molecule has 5 heteroatoms. The van der Waals surface area contributed by atoms with Crippen molar-refractivity contribution in [1.82, 2.24) is 5.53 Å². The van der Waals surface area contributed by atoms with Crippen molar-refractivity contribution in [3.63, 3.8) is 0 Å². The molecule has 72 valence electrons. The Morgan fingerprint density at radius 3 is 2.86 bits per heavy atom. The molecule has 0 aromatic heterocycles. The highest BCUT2D eigenvalue weighted by Gasteiger charge is 2.23. The average molecular weight is 190 g/mol. The van der Waals surface area contributed by atoms with Crippen molar-refractivity contribution < 1.29 is 4.74 Å². The zero-order valence-corrected chi connectivity index (χ0v) is 7.98. The second-order valence-corrected chi connectivity index (χ2v) is 2.95. The fourth-order valence-electron chi connectivity index (χ4n) is 1.43. The van der Waals surface area contributed by atoms with Crippen LogP contribution in [0.25, 0.3) is 0 Å². The van der Waals surface area contributed by atoms with E-state index in [1.54, 1.807) is 12.1 Å². The molecule has 0 radical (unpaired) electrons. The highest BCUT2D eigenvalue weighted by molar-refractivity contribution is 5.77. The van der Waals surface area contributed by atoms with E-state index in [1.807, 2.05) is 31.4 Å². The van der Waals surface area contributed by atoms with Crippen LogP contribution in [-0.2, 0) is 0 Å². The Kier molecular flexibility index (Phi) is 1.91.